The highest BCUT2D eigenvalue weighted by molar-refractivity contribution is 6.33. The van der Waals surface area contributed by atoms with Gasteiger partial charge in [0.2, 0.25) is 5.91 Å². The molecule has 3 N–H and O–H groups in total. The van der Waals surface area contributed by atoms with E-state index in [4.69, 9.17) is 11.6 Å². The molecule has 9 nitrogen and oxygen atoms in total. The number of halogens is 1. The summed E-state index contributed by atoms with van der Waals surface area (Å²) in [7, 11) is 1.49. The molecule has 3 rings (SSSR count). The fourth-order valence-electron chi connectivity index (χ4n) is 3.79. The number of aromatic nitrogens is 3. The molecule has 1 aromatic carbocycles. The van der Waals surface area contributed by atoms with Crippen LogP contribution in [0.1, 0.15) is 54.7 Å². The van der Waals surface area contributed by atoms with Crippen LogP contribution in [0.4, 0.5) is 0 Å². The predicted molar refractivity (Wildman–Crippen MR) is 117 cm³/mol. The second kappa shape index (κ2) is 9.65. The summed E-state index contributed by atoms with van der Waals surface area (Å²) in [6.45, 7) is 1.62. The summed E-state index contributed by atoms with van der Waals surface area (Å²) in [5.74, 6) is -0.387. The van der Waals surface area contributed by atoms with E-state index in [0.717, 1.165) is 30.4 Å². The molecule has 1 heterocycles. The summed E-state index contributed by atoms with van der Waals surface area (Å²) < 4.78 is 2.37. The Balaban J connectivity index is 1.82. The Hall–Kier alpha value is -2.65. The molecular formula is C21H28ClN5O4. The first kappa shape index (κ1) is 23.0. The number of likely N-dealkylation sites (N-methyl/N-ethyl adjacent to an activating group) is 1. The Morgan fingerprint density at radius 3 is 2.55 bits per heavy atom. The number of nitrogens with zero attached hydrogens (tertiary/aromatic N) is 3. The van der Waals surface area contributed by atoms with E-state index in [2.05, 4.69) is 15.7 Å². The minimum Gasteiger partial charge on any atom is -0.388 e. The van der Waals surface area contributed by atoms with Crippen molar-refractivity contribution in [3.8, 4) is 5.69 Å². The summed E-state index contributed by atoms with van der Waals surface area (Å²) in [5, 5.41) is 20.5. The Labute approximate surface area is 185 Å². The molecule has 2 aromatic rings. The van der Waals surface area contributed by atoms with E-state index in [-0.39, 0.29) is 29.6 Å². The zero-order valence-electron chi connectivity index (χ0n) is 17.8. The van der Waals surface area contributed by atoms with E-state index in [9.17, 15) is 19.5 Å². The smallest absolute Gasteiger partial charge is 0.351 e. The van der Waals surface area contributed by atoms with E-state index in [1.807, 2.05) is 0 Å². The lowest BCUT2D eigenvalue weighted by atomic mass is 9.94. The van der Waals surface area contributed by atoms with E-state index in [1.165, 1.54) is 23.7 Å². The highest BCUT2D eigenvalue weighted by Gasteiger charge is 2.29. The van der Waals surface area contributed by atoms with Gasteiger partial charge in [0.1, 0.15) is 12.4 Å². The molecule has 0 radical (unpaired) electrons. The maximum absolute atomic E-state index is 12.8. The first-order valence-electron chi connectivity index (χ1n) is 10.4. The van der Waals surface area contributed by atoms with Gasteiger partial charge in [-0.1, -0.05) is 37.3 Å². The summed E-state index contributed by atoms with van der Waals surface area (Å²) in [6, 6.07) is 4.58. The zero-order chi connectivity index (χ0) is 22.6. The van der Waals surface area contributed by atoms with Crippen molar-refractivity contribution in [3.05, 3.63) is 45.1 Å². The van der Waals surface area contributed by atoms with Gasteiger partial charge in [-0.2, -0.15) is 9.78 Å². The first-order chi connectivity index (χ1) is 14.7. The lowest BCUT2D eigenvalue weighted by Gasteiger charge is -2.26. The first-order valence-corrected chi connectivity index (χ1v) is 10.8. The maximum Gasteiger partial charge on any atom is 0.351 e. The van der Waals surface area contributed by atoms with Crippen molar-refractivity contribution in [1.29, 1.82) is 0 Å². The molecule has 1 saturated carbocycles. The highest BCUT2D eigenvalue weighted by Crippen LogP contribution is 2.27. The number of hydrogen-bond acceptors (Lipinski definition) is 5. The van der Waals surface area contributed by atoms with Crippen molar-refractivity contribution < 1.29 is 14.7 Å². The number of benzene rings is 1. The van der Waals surface area contributed by atoms with Crippen LogP contribution in [0.25, 0.3) is 5.69 Å². The van der Waals surface area contributed by atoms with Gasteiger partial charge in [0.05, 0.1) is 21.9 Å². The van der Waals surface area contributed by atoms with Gasteiger partial charge in [-0.3, -0.25) is 14.2 Å². The van der Waals surface area contributed by atoms with Gasteiger partial charge in [0.25, 0.3) is 5.91 Å². The van der Waals surface area contributed by atoms with Gasteiger partial charge in [-0.25, -0.2) is 4.79 Å². The Morgan fingerprint density at radius 2 is 1.90 bits per heavy atom. The number of rotatable bonds is 6. The van der Waals surface area contributed by atoms with E-state index in [0.29, 0.717) is 24.4 Å². The molecule has 10 heteroatoms. The van der Waals surface area contributed by atoms with Crippen molar-refractivity contribution in [3.63, 3.8) is 0 Å². The van der Waals surface area contributed by atoms with Crippen molar-refractivity contribution in [1.82, 2.24) is 25.0 Å². The van der Waals surface area contributed by atoms with Crippen LogP contribution in [-0.4, -0.2) is 50.5 Å². The van der Waals surface area contributed by atoms with Gasteiger partial charge in [0.15, 0.2) is 0 Å². The third-order valence-corrected chi connectivity index (χ3v) is 6.01. The highest BCUT2D eigenvalue weighted by atomic mass is 35.5. The van der Waals surface area contributed by atoms with Crippen molar-refractivity contribution >= 4 is 23.4 Å². The lowest BCUT2D eigenvalue weighted by Crippen LogP contribution is -2.42. The Morgan fingerprint density at radius 1 is 1.23 bits per heavy atom. The minimum atomic E-state index is -0.914. The maximum atomic E-state index is 12.8. The topological polar surface area (TPSA) is 118 Å². The molecule has 2 amide bonds. The molecule has 1 aliphatic carbocycles. The van der Waals surface area contributed by atoms with Crippen LogP contribution in [0.15, 0.2) is 23.0 Å². The number of carbonyl (C=O) groups excluding carboxylic acids is 2. The quantitative estimate of drug-likeness (QED) is 0.578. The van der Waals surface area contributed by atoms with Crippen LogP contribution in [-0.2, 0) is 11.3 Å². The second-order valence-electron chi connectivity index (χ2n) is 7.99. The molecule has 31 heavy (non-hydrogen) atoms. The molecular weight excluding hydrogens is 422 g/mol. The second-order valence-corrected chi connectivity index (χ2v) is 8.39. The predicted octanol–water partition coefficient (Wildman–Crippen LogP) is 1.56. The Kier molecular flexibility index (Phi) is 7.17. The monoisotopic (exact) mass is 449 g/mol. The van der Waals surface area contributed by atoms with Gasteiger partial charge in [0, 0.05) is 13.6 Å². The fourth-order valence-corrected chi connectivity index (χ4v) is 3.99. The number of carbonyl (C=O) groups is 2. The van der Waals surface area contributed by atoms with Crippen molar-refractivity contribution in [2.45, 2.75) is 57.6 Å². The SMILES string of the molecule is CNC(=O)Cn1c(C)nn(-c2ccc(Cl)c(C(=O)NCC3(O)CCCCCC3)c2)c1=O. The largest absolute Gasteiger partial charge is 0.388 e. The summed E-state index contributed by atoms with van der Waals surface area (Å²) in [6.07, 6.45) is 5.35. The summed E-state index contributed by atoms with van der Waals surface area (Å²) >= 11 is 6.24. The summed E-state index contributed by atoms with van der Waals surface area (Å²) in [5.41, 5.74) is -0.876. The molecule has 168 valence electrons. The van der Waals surface area contributed by atoms with E-state index >= 15 is 0 Å². The minimum absolute atomic E-state index is 0.145. The number of amides is 2. The molecule has 1 fully saturated rings. The van der Waals surface area contributed by atoms with Gasteiger partial charge < -0.3 is 15.7 Å². The fraction of sp³-hybridized carbons (Fsp3) is 0.524. The third kappa shape index (κ3) is 5.34. The van der Waals surface area contributed by atoms with Crippen LogP contribution < -0.4 is 16.3 Å². The molecule has 0 spiro atoms. The van der Waals surface area contributed by atoms with Crippen LogP contribution in [0.2, 0.25) is 5.02 Å². The number of hydrogen-bond donors (Lipinski definition) is 3. The average Bonchev–Trinajstić information content (AvgIpc) is 2.91. The average molecular weight is 450 g/mol. The van der Waals surface area contributed by atoms with Crippen LogP contribution in [0.3, 0.4) is 0 Å². The van der Waals surface area contributed by atoms with Crippen LogP contribution in [0, 0.1) is 6.92 Å². The number of aryl methyl sites for hydroxylation is 1. The van der Waals surface area contributed by atoms with Crippen LogP contribution >= 0.6 is 11.6 Å². The zero-order valence-corrected chi connectivity index (χ0v) is 18.5. The summed E-state index contributed by atoms with van der Waals surface area (Å²) in [4.78, 5) is 37.2. The lowest BCUT2D eigenvalue weighted by molar-refractivity contribution is -0.121. The van der Waals surface area contributed by atoms with Crippen molar-refractivity contribution in [2.24, 2.45) is 0 Å². The molecule has 0 aliphatic heterocycles. The Bertz CT molecular complexity index is 1020. The molecule has 0 unspecified atom stereocenters. The van der Waals surface area contributed by atoms with Gasteiger partial charge in [-0.05, 0) is 38.0 Å². The van der Waals surface area contributed by atoms with E-state index in [1.54, 1.807) is 13.0 Å². The van der Waals surface area contributed by atoms with Crippen LogP contribution in [0.5, 0.6) is 0 Å². The number of nitrogens with one attached hydrogen (secondary N) is 2. The molecule has 1 aliphatic rings. The standard InChI is InChI=1S/C21H28ClN5O4/c1-14-25-27(20(30)26(14)12-18(28)23-2)15-7-8-17(22)16(11-15)19(29)24-13-21(31)9-5-3-4-6-10-21/h7-8,11,31H,3-6,9-10,12-13H2,1-2H3,(H,23,28)(H,24,29). The number of aliphatic hydroxyl groups is 1. The normalized spacial score (nSPS) is 15.9. The molecule has 0 atom stereocenters. The third-order valence-electron chi connectivity index (χ3n) is 5.68. The van der Waals surface area contributed by atoms with E-state index < -0.39 is 17.2 Å². The molecule has 1 aromatic heterocycles. The molecule has 0 saturated heterocycles. The van der Waals surface area contributed by atoms with Gasteiger partial charge >= 0.3 is 5.69 Å². The molecule has 0 bridgehead atoms. The van der Waals surface area contributed by atoms with Crippen molar-refractivity contribution in [2.75, 3.05) is 13.6 Å². The van der Waals surface area contributed by atoms with Gasteiger partial charge in [-0.15, -0.1) is 0 Å².